The molecule has 1 heterocycles. The third-order valence-electron chi connectivity index (χ3n) is 2.54. The van der Waals surface area contributed by atoms with Crippen LogP contribution in [0.3, 0.4) is 0 Å². The highest BCUT2D eigenvalue weighted by Crippen LogP contribution is 2.31. The molecule has 4 nitrogen and oxygen atoms in total. The van der Waals surface area contributed by atoms with Crippen molar-refractivity contribution in [3.63, 3.8) is 0 Å². The molecule has 0 saturated heterocycles. The smallest absolute Gasteiger partial charge is 0.269 e. The second-order valence-corrected chi connectivity index (χ2v) is 3.94. The van der Waals surface area contributed by atoms with Crippen LogP contribution in [-0.4, -0.2) is 17.4 Å². The van der Waals surface area contributed by atoms with Gasteiger partial charge in [-0.05, 0) is 24.5 Å². The Balaban J connectivity index is 1.83. The fourth-order valence-corrected chi connectivity index (χ4v) is 1.46. The Morgan fingerprint density at radius 2 is 2.33 bits per heavy atom. The van der Waals surface area contributed by atoms with Gasteiger partial charge < -0.3 is 11.1 Å². The second kappa shape index (κ2) is 4.29. The summed E-state index contributed by atoms with van der Waals surface area (Å²) in [5.74, 6) is 1.08. The highest BCUT2D eigenvalue weighted by Gasteiger charge is 2.20. The maximum absolute atomic E-state index is 11.6. The molecule has 1 fully saturated rings. The van der Waals surface area contributed by atoms with Crippen LogP contribution in [0.5, 0.6) is 0 Å². The van der Waals surface area contributed by atoms with Gasteiger partial charge in [-0.3, -0.25) is 4.79 Å². The van der Waals surface area contributed by atoms with Crippen LogP contribution in [-0.2, 0) is 0 Å². The lowest BCUT2D eigenvalue weighted by atomic mass is 10.3. The number of nitrogen functional groups attached to an aromatic ring is 1. The molecule has 0 radical (unpaired) electrons. The molecule has 0 bridgehead atoms. The fraction of sp³-hybridized carbons (Fsp3) is 0.455. The number of carbonyl (C=O) groups excluding carboxylic acids is 1. The van der Waals surface area contributed by atoms with E-state index in [9.17, 15) is 4.79 Å². The van der Waals surface area contributed by atoms with Crippen molar-refractivity contribution in [3.8, 4) is 0 Å². The Morgan fingerprint density at radius 1 is 1.53 bits per heavy atom. The number of carbonyl (C=O) groups is 1. The predicted molar refractivity (Wildman–Crippen MR) is 58.3 cm³/mol. The molecule has 1 aliphatic rings. The van der Waals surface area contributed by atoms with Crippen molar-refractivity contribution < 1.29 is 4.79 Å². The van der Waals surface area contributed by atoms with Gasteiger partial charge in [-0.25, -0.2) is 4.98 Å². The molecule has 0 unspecified atom stereocenters. The summed E-state index contributed by atoms with van der Waals surface area (Å²) in [4.78, 5) is 15.5. The quantitative estimate of drug-likeness (QED) is 0.776. The Kier molecular flexibility index (Phi) is 2.85. The first kappa shape index (κ1) is 9.96. The Bertz CT molecular complexity index is 361. The van der Waals surface area contributed by atoms with Gasteiger partial charge in [0.25, 0.3) is 5.91 Å². The zero-order chi connectivity index (χ0) is 10.7. The number of rotatable bonds is 4. The van der Waals surface area contributed by atoms with E-state index in [2.05, 4.69) is 10.3 Å². The van der Waals surface area contributed by atoms with Crippen molar-refractivity contribution in [1.82, 2.24) is 10.3 Å². The standard InChI is InChI=1S/C11H15N3O/c12-10-3-1-2-9(14-10)11(15)13-7-6-8-4-5-8/h1-3,8H,4-7H2,(H2,12,14)(H,13,15). The normalized spacial score (nSPS) is 14.9. The number of amides is 1. The molecule has 15 heavy (non-hydrogen) atoms. The third kappa shape index (κ3) is 2.94. The molecule has 0 aromatic carbocycles. The average Bonchev–Trinajstić information content (AvgIpc) is 3.01. The van der Waals surface area contributed by atoms with Crippen LogP contribution in [0.4, 0.5) is 5.82 Å². The molecule has 2 rings (SSSR count). The van der Waals surface area contributed by atoms with Crippen molar-refractivity contribution in [2.45, 2.75) is 19.3 Å². The Labute approximate surface area is 88.9 Å². The molecule has 1 aliphatic carbocycles. The summed E-state index contributed by atoms with van der Waals surface area (Å²) in [5.41, 5.74) is 5.89. The number of pyridine rings is 1. The fourth-order valence-electron chi connectivity index (χ4n) is 1.46. The number of nitrogens with one attached hydrogen (secondary N) is 1. The van der Waals surface area contributed by atoms with Crippen molar-refractivity contribution in [2.75, 3.05) is 12.3 Å². The van der Waals surface area contributed by atoms with E-state index in [0.29, 0.717) is 11.5 Å². The van der Waals surface area contributed by atoms with Crippen molar-refractivity contribution in [1.29, 1.82) is 0 Å². The van der Waals surface area contributed by atoms with Gasteiger partial charge in [-0.1, -0.05) is 18.9 Å². The SMILES string of the molecule is Nc1cccc(C(=O)NCCC2CC2)n1. The van der Waals surface area contributed by atoms with Crippen LogP contribution in [0.15, 0.2) is 18.2 Å². The van der Waals surface area contributed by atoms with E-state index in [1.165, 1.54) is 12.8 Å². The van der Waals surface area contributed by atoms with E-state index < -0.39 is 0 Å². The van der Waals surface area contributed by atoms with Gasteiger partial charge in [0.05, 0.1) is 0 Å². The predicted octanol–water partition coefficient (Wildman–Crippen LogP) is 1.19. The number of hydrogen-bond donors (Lipinski definition) is 2. The Morgan fingerprint density at radius 3 is 3.00 bits per heavy atom. The molecular weight excluding hydrogens is 190 g/mol. The zero-order valence-corrected chi connectivity index (χ0v) is 8.57. The van der Waals surface area contributed by atoms with Crippen LogP contribution in [0.25, 0.3) is 0 Å². The first-order chi connectivity index (χ1) is 7.25. The van der Waals surface area contributed by atoms with Gasteiger partial charge in [0.1, 0.15) is 11.5 Å². The van der Waals surface area contributed by atoms with Gasteiger partial charge >= 0.3 is 0 Å². The van der Waals surface area contributed by atoms with Gasteiger partial charge in [-0.15, -0.1) is 0 Å². The molecule has 0 spiro atoms. The monoisotopic (exact) mass is 205 g/mol. The Hall–Kier alpha value is -1.58. The average molecular weight is 205 g/mol. The zero-order valence-electron chi connectivity index (χ0n) is 8.57. The molecule has 80 valence electrons. The highest BCUT2D eigenvalue weighted by atomic mass is 16.1. The lowest BCUT2D eigenvalue weighted by Gasteiger charge is -2.03. The minimum atomic E-state index is -0.136. The summed E-state index contributed by atoms with van der Waals surface area (Å²) in [6, 6.07) is 5.07. The van der Waals surface area contributed by atoms with E-state index in [-0.39, 0.29) is 5.91 Å². The molecule has 1 amide bonds. The number of anilines is 1. The molecule has 0 aliphatic heterocycles. The maximum Gasteiger partial charge on any atom is 0.269 e. The van der Waals surface area contributed by atoms with Gasteiger partial charge in [0, 0.05) is 6.54 Å². The van der Waals surface area contributed by atoms with Crippen molar-refractivity contribution >= 4 is 11.7 Å². The summed E-state index contributed by atoms with van der Waals surface area (Å²) < 4.78 is 0. The molecular formula is C11H15N3O. The van der Waals surface area contributed by atoms with Crippen molar-refractivity contribution in [3.05, 3.63) is 23.9 Å². The van der Waals surface area contributed by atoms with Gasteiger partial charge in [-0.2, -0.15) is 0 Å². The lowest BCUT2D eigenvalue weighted by molar-refractivity contribution is 0.0948. The third-order valence-corrected chi connectivity index (χ3v) is 2.54. The van der Waals surface area contributed by atoms with Crippen LogP contribution in [0.1, 0.15) is 29.8 Å². The van der Waals surface area contributed by atoms with E-state index in [1.807, 2.05) is 0 Å². The first-order valence-corrected chi connectivity index (χ1v) is 5.26. The van der Waals surface area contributed by atoms with E-state index in [1.54, 1.807) is 18.2 Å². The molecule has 4 heteroatoms. The summed E-state index contributed by atoms with van der Waals surface area (Å²) in [7, 11) is 0. The molecule has 1 saturated carbocycles. The molecule has 0 atom stereocenters. The highest BCUT2D eigenvalue weighted by molar-refractivity contribution is 5.92. The number of aromatic nitrogens is 1. The van der Waals surface area contributed by atoms with E-state index >= 15 is 0 Å². The number of hydrogen-bond acceptors (Lipinski definition) is 3. The minimum absolute atomic E-state index is 0.136. The van der Waals surface area contributed by atoms with E-state index in [0.717, 1.165) is 18.9 Å². The lowest BCUT2D eigenvalue weighted by Crippen LogP contribution is -2.25. The second-order valence-electron chi connectivity index (χ2n) is 3.94. The maximum atomic E-state index is 11.6. The van der Waals surface area contributed by atoms with Crippen LogP contribution in [0, 0.1) is 5.92 Å². The largest absolute Gasteiger partial charge is 0.384 e. The topological polar surface area (TPSA) is 68.0 Å². The van der Waals surface area contributed by atoms with Crippen LogP contribution in [0.2, 0.25) is 0 Å². The summed E-state index contributed by atoms with van der Waals surface area (Å²) in [6.07, 6.45) is 3.70. The van der Waals surface area contributed by atoms with Crippen LogP contribution >= 0.6 is 0 Å². The van der Waals surface area contributed by atoms with Crippen LogP contribution < -0.4 is 11.1 Å². The minimum Gasteiger partial charge on any atom is -0.384 e. The van der Waals surface area contributed by atoms with Crippen molar-refractivity contribution in [2.24, 2.45) is 5.92 Å². The molecule has 3 N–H and O–H groups in total. The van der Waals surface area contributed by atoms with Gasteiger partial charge in [0.2, 0.25) is 0 Å². The summed E-state index contributed by atoms with van der Waals surface area (Å²) in [6.45, 7) is 0.736. The summed E-state index contributed by atoms with van der Waals surface area (Å²) in [5, 5.41) is 2.84. The molecule has 1 aromatic heterocycles. The molecule has 1 aromatic rings. The first-order valence-electron chi connectivity index (χ1n) is 5.26. The van der Waals surface area contributed by atoms with Gasteiger partial charge in [0.15, 0.2) is 0 Å². The summed E-state index contributed by atoms with van der Waals surface area (Å²) >= 11 is 0. The van der Waals surface area contributed by atoms with E-state index in [4.69, 9.17) is 5.73 Å². The number of nitrogens with zero attached hydrogens (tertiary/aromatic N) is 1. The number of nitrogens with two attached hydrogens (primary N) is 1.